The molecule has 1 fully saturated rings. The highest BCUT2D eigenvalue weighted by Gasteiger charge is 2.28. The molecule has 1 aromatic heterocycles. The van der Waals surface area contributed by atoms with Crippen LogP contribution in [0.15, 0.2) is 30.3 Å². The van der Waals surface area contributed by atoms with Gasteiger partial charge in [0.15, 0.2) is 6.61 Å². The number of esters is 1. The summed E-state index contributed by atoms with van der Waals surface area (Å²) < 4.78 is 5.22. The van der Waals surface area contributed by atoms with E-state index in [0.717, 1.165) is 12.8 Å². The fourth-order valence-corrected chi connectivity index (χ4v) is 3.76. The van der Waals surface area contributed by atoms with Crippen LogP contribution in [0.3, 0.4) is 0 Å². The maximum Gasteiger partial charge on any atom is 0.339 e. The van der Waals surface area contributed by atoms with E-state index < -0.39 is 5.97 Å². The highest BCUT2D eigenvalue weighted by molar-refractivity contribution is 6.30. The number of rotatable bonds is 4. The Kier molecular flexibility index (Phi) is 5.77. The summed E-state index contributed by atoms with van der Waals surface area (Å²) in [4.78, 5) is 28.8. The molecule has 1 N–H and O–H groups in total. The van der Waals surface area contributed by atoms with Crippen molar-refractivity contribution in [3.8, 4) is 0 Å². The minimum absolute atomic E-state index is 0.140. The number of hydrogen-bond acceptors (Lipinski definition) is 4. The van der Waals surface area contributed by atoms with E-state index in [4.69, 9.17) is 16.3 Å². The molecule has 1 amide bonds. The molecule has 3 rings (SSSR count). The number of carbonyl (C=O) groups is 2. The molecule has 138 valence electrons. The molecule has 0 spiro atoms. The summed E-state index contributed by atoms with van der Waals surface area (Å²) in [5, 5.41) is 3.86. The lowest BCUT2D eigenvalue weighted by Gasteiger charge is -2.34. The van der Waals surface area contributed by atoms with Crippen LogP contribution in [-0.4, -0.2) is 29.5 Å². The summed E-state index contributed by atoms with van der Waals surface area (Å²) in [6, 6.07) is 8.79. The van der Waals surface area contributed by atoms with E-state index in [1.807, 2.05) is 12.1 Å². The molecule has 1 aliphatic rings. The first-order chi connectivity index (χ1) is 12.5. The first-order valence-corrected chi connectivity index (χ1v) is 9.35. The third-order valence-corrected chi connectivity index (χ3v) is 5.49. The zero-order valence-corrected chi connectivity index (χ0v) is 15.8. The lowest BCUT2D eigenvalue weighted by atomic mass is 9.78. The Balaban J connectivity index is 1.63. The van der Waals surface area contributed by atoms with Gasteiger partial charge in [0.25, 0.3) is 5.91 Å². The van der Waals surface area contributed by atoms with Crippen molar-refractivity contribution >= 4 is 34.4 Å². The Hall–Kier alpha value is -2.14. The number of ether oxygens (including phenoxy) is 1. The van der Waals surface area contributed by atoms with E-state index in [2.05, 4.69) is 24.1 Å². The Morgan fingerprint density at radius 2 is 2.04 bits per heavy atom. The zero-order chi connectivity index (χ0) is 18.7. The summed E-state index contributed by atoms with van der Waals surface area (Å²) in [5.74, 6) is 0.160. The number of nitrogens with one attached hydrogen (secondary N) is 1. The van der Waals surface area contributed by atoms with Gasteiger partial charge >= 0.3 is 5.97 Å². The van der Waals surface area contributed by atoms with Gasteiger partial charge in [-0.05, 0) is 30.4 Å². The molecule has 26 heavy (non-hydrogen) atoms. The van der Waals surface area contributed by atoms with Gasteiger partial charge in [0, 0.05) is 11.4 Å². The highest BCUT2D eigenvalue weighted by Crippen LogP contribution is 2.29. The van der Waals surface area contributed by atoms with Crippen LogP contribution >= 0.6 is 11.6 Å². The summed E-state index contributed by atoms with van der Waals surface area (Å²) >= 11 is 5.99. The van der Waals surface area contributed by atoms with E-state index in [0.29, 0.717) is 28.3 Å². The Labute approximate surface area is 158 Å². The second kappa shape index (κ2) is 8.04. The van der Waals surface area contributed by atoms with Gasteiger partial charge in [-0.3, -0.25) is 4.79 Å². The first-order valence-electron chi connectivity index (χ1n) is 8.97. The van der Waals surface area contributed by atoms with Crippen LogP contribution in [0, 0.1) is 11.8 Å². The van der Waals surface area contributed by atoms with Crippen LogP contribution in [0.4, 0.5) is 0 Å². The van der Waals surface area contributed by atoms with Crippen LogP contribution in [0.5, 0.6) is 0 Å². The topological polar surface area (TPSA) is 68.3 Å². The van der Waals surface area contributed by atoms with E-state index in [-0.39, 0.29) is 23.7 Å². The van der Waals surface area contributed by atoms with Crippen LogP contribution in [-0.2, 0) is 9.53 Å². The predicted molar refractivity (Wildman–Crippen MR) is 101 cm³/mol. The molecule has 0 radical (unpaired) electrons. The number of fused-ring (bicyclic) bond motifs is 1. The standard InChI is InChI=1S/C20H23ClN2O3/c1-12-6-5-9-16(13(12)2)23-19(24)11-26-20(25)15-10-18(21)22-17-8-4-3-7-14(15)17/h3-4,7-8,10,12-13,16H,5-6,9,11H2,1-2H3,(H,23,24)/t12-,13-,16-/m1/s1. The van der Waals surface area contributed by atoms with E-state index in [1.54, 1.807) is 12.1 Å². The molecule has 2 aromatic rings. The van der Waals surface area contributed by atoms with Gasteiger partial charge in [-0.25, -0.2) is 9.78 Å². The second-order valence-corrected chi connectivity index (χ2v) is 7.41. The summed E-state index contributed by atoms with van der Waals surface area (Å²) in [5.41, 5.74) is 0.925. The number of pyridine rings is 1. The highest BCUT2D eigenvalue weighted by atomic mass is 35.5. The summed E-state index contributed by atoms with van der Waals surface area (Å²) in [6.07, 6.45) is 3.27. The first kappa shape index (κ1) is 18.6. The number of benzene rings is 1. The number of nitrogens with zero attached hydrogens (tertiary/aromatic N) is 1. The van der Waals surface area contributed by atoms with E-state index in [9.17, 15) is 9.59 Å². The molecular formula is C20H23ClN2O3. The molecule has 1 heterocycles. The summed E-state index contributed by atoms with van der Waals surface area (Å²) in [6.45, 7) is 4.07. The largest absolute Gasteiger partial charge is 0.452 e. The number of carbonyl (C=O) groups excluding carboxylic acids is 2. The smallest absolute Gasteiger partial charge is 0.339 e. The molecule has 6 heteroatoms. The van der Waals surface area contributed by atoms with Crippen LogP contribution in [0.1, 0.15) is 43.5 Å². The van der Waals surface area contributed by atoms with Gasteiger partial charge in [0.05, 0.1) is 11.1 Å². The SMILES string of the molecule is C[C@@H]1[C@H](C)CCC[C@H]1NC(=O)COC(=O)c1cc(Cl)nc2ccccc12. The summed E-state index contributed by atoms with van der Waals surface area (Å²) in [7, 11) is 0. The van der Waals surface area contributed by atoms with Crippen molar-refractivity contribution in [2.45, 2.75) is 39.2 Å². The van der Waals surface area contributed by atoms with Crippen molar-refractivity contribution in [3.63, 3.8) is 0 Å². The maximum absolute atomic E-state index is 12.4. The Morgan fingerprint density at radius 1 is 1.27 bits per heavy atom. The predicted octanol–water partition coefficient (Wildman–Crippen LogP) is 3.99. The molecule has 5 nitrogen and oxygen atoms in total. The van der Waals surface area contributed by atoms with Crippen molar-refractivity contribution in [2.24, 2.45) is 11.8 Å². The fraction of sp³-hybridized carbons (Fsp3) is 0.450. The molecule has 1 aromatic carbocycles. The van der Waals surface area contributed by atoms with Gasteiger partial charge in [-0.1, -0.05) is 56.5 Å². The molecule has 3 atom stereocenters. The second-order valence-electron chi connectivity index (χ2n) is 7.03. The van der Waals surface area contributed by atoms with Gasteiger partial charge in [-0.15, -0.1) is 0 Å². The van der Waals surface area contributed by atoms with Crippen molar-refractivity contribution in [2.75, 3.05) is 6.61 Å². The monoisotopic (exact) mass is 374 g/mol. The molecule has 1 saturated carbocycles. The number of halogens is 1. The van der Waals surface area contributed by atoms with Gasteiger partial charge in [0.1, 0.15) is 5.15 Å². The maximum atomic E-state index is 12.4. The van der Waals surface area contributed by atoms with Crippen molar-refractivity contribution < 1.29 is 14.3 Å². The van der Waals surface area contributed by atoms with Gasteiger partial charge in [-0.2, -0.15) is 0 Å². The van der Waals surface area contributed by atoms with Gasteiger partial charge < -0.3 is 10.1 Å². The third kappa shape index (κ3) is 4.15. The number of hydrogen-bond donors (Lipinski definition) is 1. The lowest BCUT2D eigenvalue weighted by molar-refractivity contribution is -0.125. The number of amides is 1. The lowest BCUT2D eigenvalue weighted by Crippen LogP contribution is -2.45. The zero-order valence-electron chi connectivity index (χ0n) is 15.0. The van der Waals surface area contributed by atoms with E-state index in [1.165, 1.54) is 12.5 Å². The number of aromatic nitrogens is 1. The minimum atomic E-state index is -0.578. The molecule has 1 aliphatic carbocycles. The average molecular weight is 375 g/mol. The fourth-order valence-electron chi connectivity index (χ4n) is 3.55. The molecular weight excluding hydrogens is 352 g/mol. The molecule has 0 unspecified atom stereocenters. The van der Waals surface area contributed by atoms with Gasteiger partial charge in [0.2, 0.25) is 0 Å². The minimum Gasteiger partial charge on any atom is -0.452 e. The number of para-hydroxylation sites is 1. The van der Waals surface area contributed by atoms with Crippen LogP contribution in [0.25, 0.3) is 10.9 Å². The van der Waals surface area contributed by atoms with Crippen molar-refractivity contribution in [3.05, 3.63) is 41.0 Å². The average Bonchev–Trinajstić information content (AvgIpc) is 2.62. The van der Waals surface area contributed by atoms with Crippen molar-refractivity contribution in [1.82, 2.24) is 10.3 Å². The Morgan fingerprint density at radius 3 is 2.85 bits per heavy atom. The third-order valence-electron chi connectivity index (χ3n) is 5.29. The van der Waals surface area contributed by atoms with Crippen molar-refractivity contribution in [1.29, 1.82) is 0 Å². The normalized spacial score (nSPS) is 22.8. The van der Waals surface area contributed by atoms with Crippen LogP contribution in [0.2, 0.25) is 5.15 Å². The Bertz CT molecular complexity index is 824. The van der Waals surface area contributed by atoms with E-state index >= 15 is 0 Å². The molecule has 0 bridgehead atoms. The van der Waals surface area contributed by atoms with Crippen LogP contribution < -0.4 is 5.32 Å². The molecule has 0 saturated heterocycles. The molecule has 0 aliphatic heterocycles. The quantitative estimate of drug-likeness (QED) is 0.649.